The Labute approximate surface area is 115 Å². The fraction of sp³-hybridized carbons (Fsp3) is 0.533. The maximum Gasteiger partial charge on any atom is 0.147 e. The van der Waals surface area contributed by atoms with Gasteiger partial charge in [-0.2, -0.15) is 5.26 Å². The number of nitrogens with zero attached hydrogens (tertiary/aromatic N) is 1. The van der Waals surface area contributed by atoms with Crippen LogP contribution in [0.1, 0.15) is 36.8 Å². The van der Waals surface area contributed by atoms with Gasteiger partial charge in [-0.1, -0.05) is 24.3 Å². The molecule has 0 fully saturated rings. The first-order valence-electron chi connectivity index (χ1n) is 6.64. The minimum atomic E-state index is -2.95. The Balaban J connectivity index is 2.23. The third-order valence-electron chi connectivity index (χ3n) is 3.92. The van der Waals surface area contributed by atoms with Crippen LogP contribution in [0.25, 0.3) is 0 Å². The van der Waals surface area contributed by atoms with Crippen LogP contribution in [0.3, 0.4) is 0 Å². The van der Waals surface area contributed by atoms with Gasteiger partial charge in [-0.05, 0) is 43.2 Å². The SMILES string of the molecule is CS(=O)(=O)CCCC1(C#N)CCCc2ccccc21. The van der Waals surface area contributed by atoms with Crippen LogP contribution >= 0.6 is 0 Å². The number of fused-ring (bicyclic) bond motifs is 1. The molecule has 102 valence electrons. The summed E-state index contributed by atoms with van der Waals surface area (Å²) in [5.41, 5.74) is 1.87. The Morgan fingerprint density at radius 3 is 2.79 bits per heavy atom. The molecule has 1 aliphatic carbocycles. The number of aryl methyl sites for hydroxylation is 1. The van der Waals surface area contributed by atoms with Crippen molar-refractivity contribution in [2.24, 2.45) is 0 Å². The van der Waals surface area contributed by atoms with Gasteiger partial charge in [0.1, 0.15) is 9.84 Å². The quantitative estimate of drug-likeness (QED) is 0.850. The summed E-state index contributed by atoms with van der Waals surface area (Å²) in [7, 11) is -2.95. The van der Waals surface area contributed by atoms with Gasteiger partial charge in [-0.15, -0.1) is 0 Å². The molecule has 4 heteroatoms. The maximum atomic E-state index is 11.2. The largest absolute Gasteiger partial charge is 0.229 e. The van der Waals surface area contributed by atoms with Crippen molar-refractivity contribution in [3.8, 4) is 6.07 Å². The smallest absolute Gasteiger partial charge is 0.147 e. The van der Waals surface area contributed by atoms with Crippen LogP contribution in [-0.2, 0) is 21.7 Å². The Bertz CT molecular complexity index is 601. The lowest BCUT2D eigenvalue weighted by molar-refractivity contribution is 0.419. The van der Waals surface area contributed by atoms with E-state index in [-0.39, 0.29) is 5.75 Å². The molecule has 0 aliphatic heterocycles. The Morgan fingerprint density at radius 1 is 1.37 bits per heavy atom. The summed E-state index contributed by atoms with van der Waals surface area (Å²) in [4.78, 5) is 0. The number of hydrogen-bond donors (Lipinski definition) is 0. The molecule has 1 aromatic carbocycles. The van der Waals surface area contributed by atoms with Crippen LogP contribution in [0.2, 0.25) is 0 Å². The lowest BCUT2D eigenvalue weighted by Gasteiger charge is -2.33. The highest BCUT2D eigenvalue weighted by Gasteiger charge is 2.36. The standard InChI is InChI=1S/C15H19NO2S/c1-19(17,18)11-5-10-15(12-16)9-4-7-13-6-2-3-8-14(13)15/h2-3,6,8H,4-5,7,9-11H2,1H3. The zero-order valence-electron chi connectivity index (χ0n) is 11.2. The van der Waals surface area contributed by atoms with Gasteiger partial charge in [-0.3, -0.25) is 0 Å². The minimum Gasteiger partial charge on any atom is -0.229 e. The second-order valence-corrected chi connectivity index (χ2v) is 7.70. The lowest BCUT2D eigenvalue weighted by atomic mass is 9.68. The van der Waals surface area contributed by atoms with Crippen molar-refractivity contribution < 1.29 is 8.42 Å². The van der Waals surface area contributed by atoms with E-state index in [0.717, 1.165) is 24.8 Å². The van der Waals surface area contributed by atoms with E-state index in [1.807, 2.05) is 18.2 Å². The van der Waals surface area contributed by atoms with Crippen LogP contribution < -0.4 is 0 Å². The molecule has 0 aromatic heterocycles. The fourth-order valence-corrected chi connectivity index (χ4v) is 3.66. The molecule has 19 heavy (non-hydrogen) atoms. The topological polar surface area (TPSA) is 57.9 Å². The summed E-state index contributed by atoms with van der Waals surface area (Å²) in [5, 5.41) is 9.62. The molecule has 0 N–H and O–H groups in total. The number of benzene rings is 1. The molecule has 1 atom stereocenters. The van der Waals surface area contributed by atoms with Crippen molar-refractivity contribution in [3.63, 3.8) is 0 Å². The first-order valence-corrected chi connectivity index (χ1v) is 8.70. The summed E-state index contributed by atoms with van der Waals surface area (Å²) < 4.78 is 22.5. The Morgan fingerprint density at radius 2 is 2.11 bits per heavy atom. The molecule has 0 spiro atoms. The highest BCUT2D eigenvalue weighted by molar-refractivity contribution is 7.90. The van der Waals surface area contributed by atoms with Gasteiger partial charge in [0, 0.05) is 12.0 Å². The summed E-state index contributed by atoms with van der Waals surface area (Å²) in [6, 6.07) is 10.5. The highest BCUT2D eigenvalue weighted by atomic mass is 32.2. The van der Waals surface area contributed by atoms with E-state index in [4.69, 9.17) is 0 Å². The molecule has 3 nitrogen and oxygen atoms in total. The van der Waals surface area contributed by atoms with E-state index in [1.54, 1.807) is 0 Å². The van der Waals surface area contributed by atoms with Crippen molar-refractivity contribution in [1.29, 1.82) is 5.26 Å². The number of rotatable bonds is 4. The normalized spacial score (nSPS) is 22.5. The molecular formula is C15H19NO2S. The van der Waals surface area contributed by atoms with E-state index >= 15 is 0 Å². The molecule has 0 saturated carbocycles. The minimum absolute atomic E-state index is 0.165. The van der Waals surface area contributed by atoms with E-state index in [1.165, 1.54) is 11.8 Å². The van der Waals surface area contributed by atoms with Gasteiger partial charge in [0.25, 0.3) is 0 Å². The van der Waals surface area contributed by atoms with E-state index in [2.05, 4.69) is 12.1 Å². The van der Waals surface area contributed by atoms with Gasteiger partial charge < -0.3 is 0 Å². The maximum absolute atomic E-state index is 11.2. The number of hydrogen-bond acceptors (Lipinski definition) is 3. The third kappa shape index (κ3) is 3.16. The van der Waals surface area contributed by atoms with Crippen LogP contribution in [0.4, 0.5) is 0 Å². The van der Waals surface area contributed by atoms with Gasteiger partial charge >= 0.3 is 0 Å². The van der Waals surface area contributed by atoms with Gasteiger partial charge in [-0.25, -0.2) is 8.42 Å². The number of nitriles is 1. The summed E-state index contributed by atoms with van der Waals surface area (Å²) in [6.45, 7) is 0. The second kappa shape index (κ2) is 5.34. The monoisotopic (exact) mass is 277 g/mol. The zero-order chi connectivity index (χ0) is 13.9. The van der Waals surface area contributed by atoms with Crippen LogP contribution in [0.15, 0.2) is 24.3 Å². The van der Waals surface area contributed by atoms with Gasteiger partial charge in [0.05, 0.1) is 11.5 Å². The molecule has 0 bridgehead atoms. The predicted molar refractivity (Wildman–Crippen MR) is 75.6 cm³/mol. The second-order valence-electron chi connectivity index (χ2n) is 5.44. The van der Waals surface area contributed by atoms with Crippen LogP contribution in [0, 0.1) is 11.3 Å². The number of sulfone groups is 1. The molecule has 0 amide bonds. The van der Waals surface area contributed by atoms with Crippen molar-refractivity contribution in [1.82, 2.24) is 0 Å². The van der Waals surface area contributed by atoms with Gasteiger partial charge in [0.15, 0.2) is 0 Å². The first kappa shape index (κ1) is 14.1. The van der Waals surface area contributed by atoms with Gasteiger partial charge in [0.2, 0.25) is 0 Å². The van der Waals surface area contributed by atoms with E-state index in [0.29, 0.717) is 12.8 Å². The van der Waals surface area contributed by atoms with Crippen molar-refractivity contribution in [2.75, 3.05) is 12.0 Å². The highest BCUT2D eigenvalue weighted by Crippen LogP contribution is 2.40. The molecule has 2 rings (SSSR count). The molecular weight excluding hydrogens is 258 g/mol. The summed E-state index contributed by atoms with van der Waals surface area (Å²) >= 11 is 0. The van der Waals surface area contributed by atoms with Crippen molar-refractivity contribution >= 4 is 9.84 Å². The Kier molecular flexibility index (Phi) is 3.96. The van der Waals surface area contributed by atoms with Crippen LogP contribution in [-0.4, -0.2) is 20.4 Å². The van der Waals surface area contributed by atoms with E-state index in [9.17, 15) is 13.7 Å². The summed E-state index contributed by atoms with van der Waals surface area (Å²) in [6.07, 6.45) is 5.30. The molecule has 0 heterocycles. The molecule has 1 unspecified atom stereocenters. The molecule has 0 radical (unpaired) electrons. The van der Waals surface area contributed by atoms with E-state index < -0.39 is 15.3 Å². The van der Waals surface area contributed by atoms with Crippen LogP contribution in [0.5, 0.6) is 0 Å². The Hall–Kier alpha value is -1.34. The molecule has 0 saturated heterocycles. The fourth-order valence-electron chi connectivity index (χ4n) is 2.99. The summed E-state index contributed by atoms with van der Waals surface area (Å²) in [5.74, 6) is 0.165. The van der Waals surface area contributed by atoms with Crippen molar-refractivity contribution in [3.05, 3.63) is 35.4 Å². The lowest BCUT2D eigenvalue weighted by Crippen LogP contribution is -2.30. The predicted octanol–water partition coefficient (Wildman–Crippen LogP) is 2.61. The molecule has 1 aliphatic rings. The van der Waals surface area contributed by atoms with Crippen molar-refractivity contribution in [2.45, 2.75) is 37.5 Å². The first-order chi connectivity index (χ1) is 8.97. The third-order valence-corrected chi connectivity index (χ3v) is 4.95. The molecule has 1 aromatic rings. The average Bonchev–Trinajstić information content (AvgIpc) is 2.37. The zero-order valence-corrected chi connectivity index (χ0v) is 12.0. The average molecular weight is 277 g/mol.